The minimum absolute atomic E-state index is 0.575. The quantitative estimate of drug-likeness (QED) is 0.628. The number of aromatic nitrogens is 1. The van der Waals surface area contributed by atoms with Crippen LogP contribution in [0.2, 0.25) is 0 Å². The molecule has 2 nitrogen and oxygen atoms in total. The molecule has 0 bridgehead atoms. The van der Waals surface area contributed by atoms with Crippen LogP contribution in [0.25, 0.3) is 22.0 Å². The highest BCUT2D eigenvalue weighted by Gasteiger charge is 2.18. The first-order chi connectivity index (χ1) is 11.8. The third-order valence-corrected chi connectivity index (χ3v) is 4.96. The van der Waals surface area contributed by atoms with E-state index in [4.69, 9.17) is 0 Å². The van der Waals surface area contributed by atoms with Crippen molar-refractivity contribution in [3.63, 3.8) is 0 Å². The van der Waals surface area contributed by atoms with Gasteiger partial charge in [-0.25, -0.2) is 0 Å². The van der Waals surface area contributed by atoms with Gasteiger partial charge in [0.25, 0.3) is 0 Å². The molecule has 24 heavy (non-hydrogen) atoms. The normalized spacial score (nSPS) is 16.5. The molecule has 0 amide bonds. The molecule has 122 valence electrons. The van der Waals surface area contributed by atoms with Crippen LogP contribution in [-0.2, 0) is 6.42 Å². The van der Waals surface area contributed by atoms with E-state index in [-0.39, 0.29) is 0 Å². The van der Waals surface area contributed by atoms with Crippen molar-refractivity contribution in [2.75, 3.05) is 13.1 Å². The largest absolute Gasteiger partial charge is 0.256 e. The first-order valence-corrected chi connectivity index (χ1v) is 8.63. The molecular formula is C21H21FN2. The summed E-state index contributed by atoms with van der Waals surface area (Å²) in [7, 11) is 0. The number of para-hydroxylation sites is 1. The van der Waals surface area contributed by atoms with E-state index in [1.165, 1.54) is 11.1 Å². The highest BCUT2D eigenvalue weighted by molar-refractivity contribution is 5.83. The minimum atomic E-state index is 0.575. The molecule has 1 fully saturated rings. The van der Waals surface area contributed by atoms with Gasteiger partial charge in [0, 0.05) is 30.2 Å². The fourth-order valence-electron chi connectivity index (χ4n) is 3.50. The molecule has 0 aliphatic carbocycles. The van der Waals surface area contributed by atoms with Gasteiger partial charge in [-0.1, -0.05) is 42.5 Å². The first-order valence-electron chi connectivity index (χ1n) is 8.63. The number of piperidine rings is 1. The van der Waals surface area contributed by atoms with Gasteiger partial charge in [-0.3, -0.25) is 4.98 Å². The molecule has 0 atom stereocenters. The number of rotatable bonds is 3. The summed E-state index contributed by atoms with van der Waals surface area (Å²) < 4.78 is 13.1. The number of fused-ring (bicyclic) bond motifs is 1. The van der Waals surface area contributed by atoms with Crippen LogP contribution in [0.3, 0.4) is 0 Å². The lowest BCUT2D eigenvalue weighted by Crippen LogP contribution is -2.28. The van der Waals surface area contributed by atoms with Crippen molar-refractivity contribution in [3.05, 3.63) is 66.4 Å². The lowest BCUT2D eigenvalue weighted by molar-refractivity contribution is -0.00852. The van der Waals surface area contributed by atoms with E-state index < -0.39 is 0 Å². The molecule has 1 aliphatic rings. The Kier molecular flexibility index (Phi) is 4.26. The summed E-state index contributed by atoms with van der Waals surface area (Å²) in [4.78, 5) is 4.54. The van der Waals surface area contributed by atoms with E-state index in [0.29, 0.717) is 19.0 Å². The van der Waals surface area contributed by atoms with Crippen LogP contribution in [0.5, 0.6) is 0 Å². The van der Waals surface area contributed by atoms with Gasteiger partial charge in [0.1, 0.15) is 0 Å². The smallest absolute Gasteiger partial charge is 0.0702 e. The Balaban J connectivity index is 1.50. The van der Waals surface area contributed by atoms with Crippen LogP contribution in [0.15, 0.2) is 60.8 Å². The molecule has 3 aromatic rings. The molecule has 0 radical (unpaired) electrons. The average Bonchev–Trinajstić information content (AvgIpc) is 2.64. The second-order valence-corrected chi connectivity index (χ2v) is 6.67. The second-order valence-electron chi connectivity index (χ2n) is 6.67. The van der Waals surface area contributed by atoms with Gasteiger partial charge < -0.3 is 0 Å². The Morgan fingerprint density at radius 2 is 1.71 bits per heavy atom. The summed E-state index contributed by atoms with van der Waals surface area (Å²) in [6.07, 6.45) is 4.89. The molecule has 1 aromatic heterocycles. The van der Waals surface area contributed by atoms with Crippen molar-refractivity contribution in [1.29, 1.82) is 0 Å². The van der Waals surface area contributed by atoms with Crippen molar-refractivity contribution in [2.45, 2.75) is 19.3 Å². The lowest BCUT2D eigenvalue weighted by atomic mass is 9.90. The summed E-state index contributed by atoms with van der Waals surface area (Å²) in [6.45, 7) is 1.15. The molecule has 4 rings (SSSR count). The maximum Gasteiger partial charge on any atom is 0.0702 e. The van der Waals surface area contributed by atoms with Crippen LogP contribution >= 0.6 is 0 Å². The third-order valence-electron chi connectivity index (χ3n) is 4.96. The summed E-state index contributed by atoms with van der Waals surface area (Å²) in [5, 5.41) is 2.10. The van der Waals surface area contributed by atoms with Gasteiger partial charge in [-0.2, -0.15) is 0 Å². The monoisotopic (exact) mass is 320 g/mol. The van der Waals surface area contributed by atoms with Crippen LogP contribution in [0, 0.1) is 5.92 Å². The fourth-order valence-corrected chi connectivity index (χ4v) is 3.50. The maximum absolute atomic E-state index is 13.1. The van der Waals surface area contributed by atoms with Gasteiger partial charge in [0.2, 0.25) is 0 Å². The Morgan fingerprint density at radius 3 is 2.50 bits per heavy atom. The number of hydrogen-bond donors (Lipinski definition) is 0. The molecule has 0 N–H and O–H groups in total. The predicted molar refractivity (Wildman–Crippen MR) is 96.3 cm³/mol. The van der Waals surface area contributed by atoms with E-state index in [0.717, 1.165) is 40.9 Å². The average molecular weight is 320 g/mol. The van der Waals surface area contributed by atoms with Crippen LogP contribution < -0.4 is 0 Å². The summed E-state index contributed by atoms with van der Waals surface area (Å²) >= 11 is 0. The van der Waals surface area contributed by atoms with Crippen molar-refractivity contribution in [2.24, 2.45) is 5.92 Å². The SMILES string of the molecule is FN1CCC(Cc2ccc(-c3cnc4ccccc4c3)cc2)CC1. The number of halogens is 1. The van der Waals surface area contributed by atoms with Gasteiger partial charge in [-0.05, 0) is 48.4 Å². The number of hydrogen-bond acceptors (Lipinski definition) is 2. The maximum atomic E-state index is 13.1. The van der Waals surface area contributed by atoms with Crippen molar-refractivity contribution < 1.29 is 4.48 Å². The van der Waals surface area contributed by atoms with E-state index in [9.17, 15) is 4.48 Å². The minimum Gasteiger partial charge on any atom is -0.256 e. The van der Waals surface area contributed by atoms with Crippen LogP contribution in [0.4, 0.5) is 4.48 Å². The van der Waals surface area contributed by atoms with Crippen molar-refractivity contribution >= 4 is 10.9 Å². The van der Waals surface area contributed by atoms with E-state index >= 15 is 0 Å². The van der Waals surface area contributed by atoms with Gasteiger partial charge >= 0.3 is 0 Å². The van der Waals surface area contributed by atoms with E-state index in [2.05, 4.69) is 41.4 Å². The van der Waals surface area contributed by atoms with E-state index in [1.54, 1.807) is 0 Å². The Morgan fingerprint density at radius 1 is 0.958 bits per heavy atom. The predicted octanol–water partition coefficient (Wildman–Crippen LogP) is 5.04. The zero-order valence-corrected chi connectivity index (χ0v) is 13.7. The number of pyridine rings is 1. The molecule has 1 aliphatic heterocycles. The zero-order valence-electron chi connectivity index (χ0n) is 13.7. The van der Waals surface area contributed by atoms with Gasteiger partial charge in [0.05, 0.1) is 5.52 Å². The van der Waals surface area contributed by atoms with Crippen LogP contribution in [-0.4, -0.2) is 23.2 Å². The molecule has 0 saturated carbocycles. The molecule has 1 saturated heterocycles. The fraction of sp³-hybridized carbons (Fsp3) is 0.286. The molecule has 2 aromatic carbocycles. The standard InChI is InChI=1S/C21H21FN2/c22-24-11-9-17(10-12-24)13-16-5-7-18(8-6-16)20-14-19-3-1-2-4-21(19)23-15-20/h1-8,14-15,17H,9-13H2. The summed E-state index contributed by atoms with van der Waals surface area (Å²) in [6, 6.07) is 19.1. The molecule has 0 spiro atoms. The van der Waals surface area contributed by atoms with Crippen molar-refractivity contribution in [1.82, 2.24) is 10.1 Å². The molecule has 0 unspecified atom stereocenters. The number of nitrogens with zero attached hydrogens (tertiary/aromatic N) is 2. The summed E-state index contributed by atoms with van der Waals surface area (Å²) in [5.74, 6) is 0.602. The first kappa shape index (κ1) is 15.3. The second kappa shape index (κ2) is 6.70. The van der Waals surface area contributed by atoms with E-state index in [1.807, 2.05) is 24.4 Å². The van der Waals surface area contributed by atoms with Crippen molar-refractivity contribution in [3.8, 4) is 11.1 Å². The van der Waals surface area contributed by atoms with Gasteiger partial charge in [-0.15, -0.1) is 9.60 Å². The highest BCUT2D eigenvalue weighted by atomic mass is 19.2. The Bertz CT molecular complexity index is 821. The highest BCUT2D eigenvalue weighted by Crippen LogP contribution is 2.25. The molecule has 2 heterocycles. The Labute approximate surface area is 141 Å². The Hall–Kier alpha value is -2.26. The molecular weight excluding hydrogens is 299 g/mol. The lowest BCUT2D eigenvalue weighted by Gasteiger charge is -2.25. The zero-order chi connectivity index (χ0) is 16.4. The van der Waals surface area contributed by atoms with Crippen LogP contribution in [0.1, 0.15) is 18.4 Å². The number of benzene rings is 2. The molecule has 3 heteroatoms. The topological polar surface area (TPSA) is 16.1 Å². The summed E-state index contributed by atoms with van der Waals surface area (Å²) in [5.41, 5.74) is 4.70. The van der Waals surface area contributed by atoms with Gasteiger partial charge in [0.15, 0.2) is 0 Å². The third kappa shape index (κ3) is 3.31.